The Morgan fingerprint density at radius 3 is 2.23 bits per heavy atom. The van der Waals surface area contributed by atoms with Gasteiger partial charge in [0.1, 0.15) is 6.04 Å². The van der Waals surface area contributed by atoms with Crippen molar-refractivity contribution in [3.05, 3.63) is 35.9 Å². The van der Waals surface area contributed by atoms with Crippen LogP contribution in [-0.4, -0.2) is 17.1 Å². The van der Waals surface area contributed by atoms with Gasteiger partial charge in [-0.05, 0) is 5.56 Å². The second kappa shape index (κ2) is 4.02. The normalized spacial score (nSPS) is 14.9. The Balaban J connectivity index is 2.79. The summed E-state index contributed by atoms with van der Waals surface area (Å²) in [6.07, 6.45) is 0. The Labute approximate surface area is 76.2 Å². The molecule has 0 heterocycles. The third-order valence-corrected chi connectivity index (χ3v) is 1.86. The first kappa shape index (κ1) is 9.70. The van der Waals surface area contributed by atoms with Crippen LogP contribution in [0.5, 0.6) is 0 Å². The molecule has 4 nitrogen and oxygen atoms in total. The lowest BCUT2D eigenvalue weighted by molar-refractivity contribution is -0.139. The quantitative estimate of drug-likeness (QED) is 0.615. The summed E-state index contributed by atoms with van der Waals surface area (Å²) in [5, 5.41) is 8.61. The van der Waals surface area contributed by atoms with E-state index in [0.29, 0.717) is 0 Å². The maximum atomic E-state index is 10.5. The predicted octanol–water partition coefficient (Wildman–Crippen LogP) is 0.0983. The molecule has 0 radical (unpaired) electrons. The number of aliphatic carboxylic acids is 1. The zero-order chi connectivity index (χ0) is 9.84. The Bertz CT molecular complexity index is 287. The Hall–Kier alpha value is -1.39. The molecule has 0 spiro atoms. The Morgan fingerprint density at radius 2 is 1.77 bits per heavy atom. The maximum Gasteiger partial charge on any atom is 0.322 e. The van der Waals surface area contributed by atoms with Crippen molar-refractivity contribution >= 4 is 5.97 Å². The molecule has 0 bridgehead atoms. The molecule has 1 unspecified atom stereocenters. The van der Waals surface area contributed by atoms with Crippen LogP contribution in [0.2, 0.25) is 0 Å². The van der Waals surface area contributed by atoms with Crippen LogP contribution in [0.3, 0.4) is 0 Å². The maximum absolute atomic E-state index is 10.5. The van der Waals surface area contributed by atoms with Crippen LogP contribution >= 0.6 is 0 Å². The SMILES string of the molecule is NC(C(=O)O)[C@@H](N)c1ccccc1. The first-order chi connectivity index (χ1) is 6.13. The molecule has 4 heteroatoms. The van der Waals surface area contributed by atoms with E-state index < -0.39 is 18.1 Å². The highest BCUT2D eigenvalue weighted by atomic mass is 16.4. The first-order valence-electron chi connectivity index (χ1n) is 3.92. The topological polar surface area (TPSA) is 89.3 Å². The van der Waals surface area contributed by atoms with Gasteiger partial charge >= 0.3 is 5.97 Å². The fourth-order valence-electron chi connectivity index (χ4n) is 1.04. The molecule has 0 aliphatic heterocycles. The molecular formula is C9H12N2O2. The van der Waals surface area contributed by atoms with Crippen LogP contribution in [0.15, 0.2) is 30.3 Å². The third-order valence-electron chi connectivity index (χ3n) is 1.86. The molecule has 0 amide bonds. The van der Waals surface area contributed by atoms with Crippen molar-refractivity contribution in [3.63, 3.8) is 0 Å². The highest BCUT2D eigenvalue weighted by Crippen LogP contribution is 2.11. The number of carboxylic acids is 1. The van der Waals surface area contributed by atoms with Gasteiger partial charge in [-0.2, -0.15) is 0 Å². The van der Waals surface area contributed by atoms with Gasteiger partial charge in [0.25, 0.3) is 0 Å². The van der Waals surface area contributed by atoms with E-state index in [1.807, 2.05) is 6.07 Å². The number of carbonyl (C=O) groups is 1. The molecule has 2 atom stereocenters. The fraction of sp³-hybridized carbons (Fsp3) is 0.222. The van der Waals surface area contributed by atoms with E-state index in [4.69, 9.17) is 16.6 Å². The molecule has 1 aromatic carbocycles. The summed E-state index contributed by atoms with van der Waals surface area (Å²) in [4.78, 5) is 10.5. The van der Waals surface area contributed by atoms with Crippen LogP contribution in [-0.2, 0) is 4.79 Å². The first-order valence-corrected chi connectivity index (χ1v) is 3.92. The molecule has 13 heavy (non-hydrogen) atoms. The minimum Gasteiger partial charge on any atom is -0.480 e. The monoisotopic (exact) mass is 180 g/mol. The van der Waals surface area contributed by atoms with Crippen molar-refractivity contribution in [1.29, 1.82) is 0 Å². The zero-order valence-corrected chi connectivity index (χ0v) is 7.05. The van der Waals surface area contributed by atoms with Crippen molar-refractivity contribution < 1.29 is 9.90 Å². The number of hydrogen-bond donors (Lipinski definition) is 3. The van der Waals surface area contributed by atoms with Crippen LogP contribution in [0.1, 0.15) is 11.6 Å². The number of carboxylic acid groups (broad SMARTS) is 1. The number of rotatable bonds is 3. The van der Waals surface area contributed by atoms with Crippen LogP contribution in [0, 0.1) is 0 Å². The molecular weight excluding hydrogens is 168 g/mol. The summed E-state index contributed by atoms with van der Waals surface area (Å²) < 4.78 is 0. The number of benzene rings is 1. The van der Waals surface area contributed by atoms with Gasteiger partial charge in [0.05, 0.1) is 6.04 Å². The Kier molecular flexibility index (Phi) is 3.00. The van der Waals surface area contributed by atoms with Gasteiger partial charge in [-0.1, -0.05) is 30.3 Å². The standard InChI is InChI=1S/C9H12N2O2/c10-7(8(11)9(12)13)6-4-2-1-3-5-6/h1-5,7-8H,10-11H2,(H,12,13)/t7-,8?/m0/s1. The van der Waals surface area contributed by atoms with Crippen LogP contribution in [0.4, 0.5) is 0 Å². The smallest absolute Gasteiger partial charge is 0.322 e. The third kappa shape index (κ3) is 2.27. The average molecular weight is 180 g/mol. The van der Waals surface area contributed by atoms with E-state index in [-0.39, 0.29) is 0 Å². The summed E-state index contributed by atoms with van der Waals surface area (Å²) in [5.41, 5.74) is 11.7. The minimum absolute atomic E-state index is 0.654. The summed E-state index contributed by atoms with van der Waals surface area (Å²) in [5.74, 6) is -1.09. The summed E-state index contributed by atoms with van der Waals surface area (Å²) >= 11 is 0. The van der Waals surface area contributed by atoms with Gasteiger partial charge in [-0.15, -0.1) is 0 Å². The van der Waals surface area contributed by atoms with Gasteiger partial charge in [-0.25, -0.2) is 0 Å². The second-order valence-corrected chi connectivity index (χ2v) is 2.80. The van der Waals surface area contributed by atoms with Crippen LogP contribution in [0.25, 0.3) is 0 Å². The molecule has 0 aromatic heterocycles. The molecule has 5 N–H and O–H groups in total. The molecule has 1 rings (SSSR count). The van der Waals surface area contributed by atoms with E-state index >= 15 is 0 Å². The lowest BCUT2D eigenvalue weighted by Crippen LogP contribution is -2.40. The molecule has 70 valence electrons. The van der Waals surface area contributed by atoms with Crippen molar-refractivity contribution in [3.8, 4) is 0 Å². The van der Waals surface area contributed by atoms with Crippen molar-refractivity contribution in [1.82, 2.24) is 0 Å². The van der Waals surface area contributed by atoms with Gasteiger partial charge in [0, 0.05) is 0 Å². The predicted molar refractivity (Wildman–Crippen MR) is 49.0 cm³/mol. The molecule has 0 aliphatic carbocycles. The van der Waals surface area contributed by atoms with Crippen molar-refractivity contribution in [2.24, 2.45) is 11.5 Å². The van der Waals surface area contributed by atoms with Gasteiger partial charge in [0.15, 0.2) is 0 Å². The van der Waals surface area contributed by atoms with E-state index in [1.54, 1.807) is 24.3 Å². The molecule has 1 aromatic rings. The van der Waals surface area contributed by atoms with E-state index in [1.165, 1.54) is 0 Å². The van der Waals surface area contributed by atoms with Crippen LogP contribution < -0.4 is 11.5 Å². The average Bonchev–Trinajstić information content (AvgIpc) is 2.17. The summed E-state index contributed by atoms with van der Waals surface area (Å²) in [7, 11) is 0. The number of nitrogens with two attached hydrogens (primary N) is 2. The van der Waals surface area contributed by atoms with Gasteiger partial charge in [-0.3, -0.25) is 4.79 Å². The van der Waals surface area contributed by atoms with Gasteiger partial charge < -0.3 is 16.6 Å². The molecule has 0 fully saturated rings. The highest BCUT2D eigenvalue weighted by Gasteiger charge is 2.21. The molecule has 0 aliphatic rings. The summed E-state index contributed by atoms with van der Waals surface area (Å²) in [6.45, 7) is 0. The van der Waals surface area contributed by atoms with Gasteiger partial charge in [0.2, 0.25) is 0 Å². The Morgan fingerprint density at radius 1 is 1.23 bits per heavy atom. The van der Waals surface area contributed by atoms with E-state index in [2.05, 4.69) is 0 Å². The minimum atomic E-state index is -1.09. The number of hydrogen-bond acceptors (Lipinski definition) is 3. The fourth-order valence-corrected chi connectivity index (χ4v) is 1.04. The second-order valence-electron chi connectivity index (χ2n) is 2.80. The van der Waals surface area contributed by atoms with E-state index in [0.717, 1.165) is 5.56 Å². The molecule has 0 saturated carbocycles. The zero-order valence-electron chi connectivity index (χ0n) is 7.05. The highest BCUT2D eigenvalue weighted by molar-refractivity contribution is 5.74. The summed E-state index contributed by atoms with van der Waals surface area (Å²) in [6, 6.07) is 7.23. The van der Waals surface area contributed by atoms with E-state index in [9.17, 15) is 4.79 Å². The van der Waals surface area contributed by atoms with Crippen molar-refractivity contribution in [2.45, 2.75) is 12.1 Å². The van der Waals surface area contributed by atoms with Crippen molar-refractivity contribution in [2.75, 3.05) is 0 Å². The lowest BCUT2D eigenvalue weighted by atomic mass is 10.0. The molecule has 0 saturated heterocycles. The largest absolute Gasteiger partial charge is 0.480 e. The lowest BCUT2D eigenvalue weighted by Gasteiger charge is -2.15.